The summed E-state index contributed by atoms with van der Waals surface area (Å²) in [5.74, 6) is 0.881. The highest BCUT2D eigenvalue weighted by atomic mass is 15.2. The molecule has 39 heavy (non-hydrogen) atoms. The van der Waals surface area contributed by atoms with E-state index in [9.17, 15) is 0 Å². The standard InChI is InChI=1S/C36H23N3/c1-3-9-28(10-4-1)39(29-11-5-2-6-12-29)33-20-16-27(23-38-33)30-17-15-24-13-14-25-22-26-8-7-21-37-36(26)32-19-18-31(30)34(24)35(25)32/h1-23H. The van der Waals surface area contributed by atoms with Gasteiger partial charge in [0, 0.05) is 40.1 Å². The topological polar surface area (TPSA) is 29.0 Å². The van der Waals surface area contributed by atoms with Gasteiger partial charge in [0.25, 0.3) is 0 Å². The van der Waals surface area contributed by atoms with Gasteiger partial charge in [-0.3, -0.25) is 9.88 Å². The lowest BCUT2D eigenvalue weighted by Gasteiger charge is -2.24. The third kappa shape index (κ3) is 3.44. The highest BCUT2D eigenvalue weighted by Crippen LogP contribution is 2.42. The average Bonchev–Trinajstić information content (AvgIpc) is 3.01. The third-order valence-corrected chi connectivity index (χ3v) is 7.67. The van der Waals surface area contributed by atoms with Crippen LogP contribution in [0.4, 0.5) is 17.2 Å². The van der Waals surface area contributed by atoms with E-state index in [0.717, 1.165) is 28.3 Å². The van der Waals surface area contributed by atoms with E-state index in [-0.39, 0.29) is 0 Å². The summed E-state index contributed by atoms with van der Waals surface area (Å²) in [6.45, 7) is 0. The molecular weight excluding hydrogens is 474 g/mol. The van der Waals surface area contributed by atoms with Crippen LogP contribution < -0.4 is 4.90 Å². The maximum absolute atomic E-state index is 4.97. The molecule has 0 spiro atoms. The van der Waals surface area contributed by atoms with Crippen molar-refractivity contribution in [3.63, 3.8) is 0 Å². The number of hydrogen-bond donors (Lipinski definition) is 0. The smallest absolute Gasteiger partial charge is 0.137 e. The van der Waals surface area contributed by atoms with Crippen LogP contribution in [0.15, 0.2) is 140 Å². The summed E-state index contributed by atoms with van der Waals surface area (Å²) in [7, 11) is 0. The van der Waals surface area contributed by atoms with Gasteiger partial charge in [-0.15, -0.1) is 0 Å². The molecule has 0 aliphatic rings. The van der Waals surface area contributed by atoms with Crippen molar-refractivity contribution in [2.45, 2.75) is 0 Å². The minimum Gasteiger partial charge on any atom is -0.295 e. The van der Waals surface area contributed by atoms with E-state index >= 15 is 0 Å². The largest absolute Gasteiger partial charge is 0.295 e. The molecule has 0 radical (unpaired) electrons. The Morgan fingerprint density at radius 2 is 1.18 bits per heavy atom. The van der Waals surface area contributed by atoms with Gasteiger partial charge in [0.1, 0.15) is 5.82 Å². The Morgan fingerprint density at radius 1 is 0.487 bits per heavy atom. The molecule has 0 fully saturated rings. The predicted molar refractivity (Wildman–Crippen MR) is 163 cm³/mol. The maximum Gasteiger partial charge on any atom is 0.137 e. The molecule has 2 aromatic heterocycles. The van der Waals surface area contributed by atoms with Gasteiger partial charge in [-0.2, -0.15) is 0 Å². The molecule has 8 aromatic rings. The van der Waals surface area contributed by atoms with E-state index in [2.05, 4.69) is 114 Å². The van der Waals surface area contributed by atoms with Crippen LogP contribution in [0.1, 0.15) is 0 Å². The van der Waals surface area contributed by atoms with E-state index in [1.54, 1.807) is 0 Å². The summed E-state index contributed by atoms with van der Waals surface area (Å²) in [4.78, 5) is 11.9. The molecule has 0 N–H and O–H groups in total. The van der Waals surface area contributed by atoms with Gasteiger partial charge in [-0.25, -0.2) is 4.98 Å². The Balaban J connectivity index is 1.30. The van der Waals surface area contributed by atoms with Gasteiger partial charge in [-0.1, -0.05) is 78.9 Å². The summed E-state index contributed by atoms with van der Waals surface area (Å²) < 4.78 is 0. The van der Waals surface area contributed by atoms with Crippen molar-refractivity contribution in [2.75, 3.05) is 4.90 Å². The van der Waals surface area contributed by atoms with Crippen LogP contribution >= 0.6 is 0 Å². The molecule has 8 rings (SSSR count). The van der Waals surface area contributed by atoms with Crippen LogP contribution in [0.25, 0.3) is 54.3 Å². The van der Waals surface area contributed by atoms with E-state index in [4.69, 9.17) is 9.97 Å². The minimum absolute atomic E-state index is 0.881. The van der Waals surface area contributed by atoms with Crippen LogP contribution in [0, 0.1) is 0 Å². The average molecular weight is 498 g/mol. The Kier molecular flexibility index (Phi) is 4.82. The van der Waals surface area contributed by atoms with Crippen LogP contribution in [-0.4, -0.2) is 9.97 Å². The summed E-state index contributed by atoms with van der Waals surface area (Å²) in [6, 6.07) is 44.9. The van der Waals surface area contributed by atoms with Crippen molar-refractivity contribution in [1.29, 1.82) is 0 Å². The molecule has 0 saturated heterocycles. The van der Waals surface area contributed by atoms with Crippen molar-refractivity contribution in [3.05, 3.63) is 140 Å². The lowest BCUT2D eigenvalue weighted by Crippen LogP contribution is -2.11. The highest BCUT2D eigenvalue weighted by molar-refractivity contribution is 6.29. The van der Waals surface area contributed by atoms with Crippen molar-refractivity contribution in [3.8, 4) is 11.1 Å². The number of pyridine rings is 2. The maximum atomic E-state index is 4.97. The van der Waals surface area contributed by atoms with Gasteiger partial charge in [0.05, 0.1) is 5.52 Å². The first-order valence-corrected chi connectivity index (χ1v) is 13.2. The molecule has 0 saturated carbocycles. The van der Waals surface area contributed by atoms with E-state index in [1.165, 1.54) is 43.3 Å². The second kappa shape index (κ2) is 8.64. The molecule has 182 valence electrons. The molecule has 0 atom stereocenters. The predicted octanol–water partition coefficient (Wildman–Crippen LogP) is 9.66. The molecule has 3 heteroatoms. The first kappa shape index (κ1) is 21.8. The van der Waals surface area contributed by atoms with E-state index in [0.29, 0.717) is 0 Å². The van der Waals surface area contributed by atoms with Gasteiger partial charge in [0.15, 0.2) is 0 Å². The van der Waals surface area contributed by atoms with Crippen LogP contribution in [0.5, 0.6) is 0 Å². The number of rotatable bonds is 4. The summed E-state index contributed by atoms with van der Waals surface area (Å²) in [5.41, 5.74) is 5.49. The first-order chi connectivity index (χ1) is 19.3. The fourth-order valence-corrected chi connectivity index (χ4v) is 5.92. The minimum atomic E-state index is 0.881. The molecule has 0 bridgehead atoms. The first-order valence-electron chi connectivity index (χ1n) is 13.2. The number of para-hydroxylation sites is 2. The van der Waals surface area contributed by atoms with Gasteiger partial charge in [-0.05, 0) is 81.0 Å². The Bertz CT molecular complexity index is 2060. The van der Waals surface area contributed by atoms with Gasteiger partial charge < -0.3 is 0 Å². The summed E-state index contributed by atoms with van der Waals surface area (Å²) in [6.07, 6.45) is 3.88. The van der Waals surface area contributed by atoms with Crippen molar-refractivity contribution in [1.82, 2.24) is 9.97 Å². The third-order valence-electron chi connectivity index (χ3n) is 7.67. The second-order valence-corrected chi connectivity index (χ2v) is 9.90. The normalized spacial score (nSPS) is 11.6. The molecule has 6 aromatic carbocycles. The molecule has 0 unspecified atom stereocenters. The molecule has 0 amide bonds. The lowest BCUT2D eigenvalue weighted by atomic mass is 9.89. The molecule has 0 aliphatic carbocycles. The molecule has 0 aliphatic heterocycles. The second-order valence-electron chi connectivity index (χ2n) is 9.90. The SMILES string of the molecule is c1ccc(N(c2ccccc2)c2ccc(-c3ccc4ccc5cc6cccnc6c6ccc3c4c56)cn2)cc1. The zero-order valence-electron chi connectivity index (χ0n) is 21.1. The van der Waals surface area contributed by atoms with Crippen LogP contribution in [-0.2, 0) is 0 Å². The molecular formula is C36H23N3. The fourth-order valence-electron chi connectivity index (χ4n) is 5.92. The number of anilines is 3. The van der Waals surface area contributed by atoms with Crippen LogP contribution in [0.3, 0.4) is 0 Å². The van der Waals surface area contributed by atoms with Crippen molar-refractivity contribution in [2.24, 2.45) is 0 Å². The fraction of sp³-hybridized carbons (Fsp3) is 0. The summed E-state index contributed by atoms with van der Waals surface area (Å²) in [5, 5.41) is 8.66. The number of hydrogen-bond acceptors (Lipinski definition) is 3. The van der Waals surface area contributed by atoms with Gasteiger partial charge >= 0.3 is 0 Å². The Morgan fingerprint density at radius 3 is 1.92 bits per heavy atom. The number of aromatic nitrogens is 2. The molecule has 2 heterocycles. The zero-order chi connectivity index (χ0) is 25.8. The van der Waals surface area contributed by atoms with Crippen molar-refractivity contribution >= 4 is 60.4 Å². The number of benzene rings is 6. The van der Waals surface area contributed by atoms with Gasteiger partial charge in [0.2, 0.25) is 0 Å². The van der Waals surface area contributed by atoms with E-state index in [1.807, 2.05) is 30.6 Å². The number of nitrogens with zero attached hydrogens (tertiary/aromatic N) is 3. The van der Waals surface area contributed by atoms with E-state index < -0.39 is 0 Å². The lowest BCUT2D eigenvalue weighted by molar-refractivity contribution is 1.18. The monoisotopic (exact) mass is 497 g/mol. The Labute approximate surface area is 226 Å². The summed E-state index contributed by atoms with van der Waals surface area (Å²) >= 11 is 0. The quantitative estimate of drug-likeness (QED) is 0.179. The Hall–Kier alpha value is -5.28. The number of fused-ring (bicyclic) bond motifs is 2. The zero-order valence-corrected chi connectivity index (χ0v) is 21.1. The van der Waals surface area contributed by atoms with Crippen molar-refractivity contribution < 1.29 is 0 Å². The highest BCUT2D eigenvalue weighted by Gasteiger charge is 2.16. The molecule has 3 nitrogen and oxygen atoms in total. The van der Waals surface area contributed by atoms with Crippen LogP contribution in [0.2, 0.25) is 0 Å².